The molecule has 0 aliphatic heterocycles. The molecule has 0 saturated carbocycles. The molecule has 4 heteroatoms. The Labute approximate surface area is 130 Å². The lowest BCUT2D eigenvalue weighted by Crippen LogP contribution is -2.12. The van der Waals surface area contributed by atoms with Crippen LogP contribution in [-0.4, -0.2) is 0 Å². The van der Waals surface area contributed by atoms with Gasteiger partial charge in [0.1, 0.15) is 0 Å². The first-order chi connectivity index (χ1) is 7.69. The molecule has 1 aromatic heterocycles. The van der Waals surface area contributed by atoms with Crippen LogP contribution in [0.2, 0.25) is 0 Å². The predicted octanol–water partition coefficient (Wildman–Crippen LogP) is 7.02. The zero-order valence-electron chi connectivity index (χ0n) is 10.7. The van der Waals surface area contributed by atoms with E-state index in [1.807, 2.05) is 0 Å². The summed E-state index contributed by atoms with van der Waals surface area (Å²) in [5.74, 6) is 0.650. The molecule has 1 heterocycles. The average Bonchev–Trinajstić information content (AvgIpc) is 2.43. The van der Waals surface area contributed by atoms with Crippen molar-refractivity contribution in [1.82, 2.24) is 0 Å². The summed E-state index contributed by atoms with van der Waals surface area (Å²) in [6.45, 7) is 9.14. The third-order valence-electron chi connectivity index (χ3n) is 2.54. The van der Waals surface area contributed by atoms with Crippen molar-refractivity contribution >= 4 is 54.8 Å². The van der Waals surface area contributed by atoms with E-state index in [1.165, 1.54) is 11.3 Å². The lowest BCUT2D eigenvalue weighted by molar-refractivity contribution is 0.295. The molecule has 0 spiro atoms. The maximum atomic E-state index is 6.48. The predicted molar refractivity (Wildman–Crippen MR) is 86.2 cm³/mol. The van der Waals surface area contributed by atoms with Crippen molar-refractivity contribution in [3.63, 3.8) is 0 Å². The summed E-state index contributed by atoms with van der Waals surface area (Å²) < 4.78 is 2.23. The molecule has 98 valence electrons. The van der Waals surface area contributed by atoms with Gasteiger partial charge in [-0.25, -0.2) is 0 Å². The van der Waals surface area contributed by atoms with Crippen LogP contribution >= 0.6 is 54.8 Å². The van der Waals surface area contributed by atoms with E-state index in [0.29, 0.717) is 11.3 Å². The van der Waals surface area contributed by atoms with Gasteiger partial charge in [-0.3, -0.25) is 0 Å². The van der Waals surface area contributed by atoms with Crippen molar-refractivity contribution in [2.24, 2.45) is 11.3 Å². The Hall–Kier alpha value is 0.950. The number of hydrogen-bond acceptors (Lipinski definition) is 1. The summed E-state index contributed by atoms with van der Waals surface area (Å²) in [4.78, 5) is 1.24. The lowest BCUT2D eigenvalue weighted by Gasteiger charge is -2.24. The van der Waals surface area contributed by atoms with Gasteiger partial charge in [-0.15, -0.1) is 22.9 Å². The summed E-state index contributed by atoms with van der Waals surface area (Å²) in [5.41, 5.74) is 0.382. The summed E-state index contributed by atoms with van der Waals surface area (Å²) in [6, 6.07) is 2.12. The fourth-order valence-corrected chi connectivity index (χ4v) is 4.70. The van der Waals surface area contributed by atoms with Crippen LogP contribution < -0.4 is 0 Å². The van der Waals surface area contributed by atoms with Gasteiger partial charge in [0.15, 0.2) is 0 Å². The highest BCUT2D eigenvalue weighted by atomic mass is 79.9. The molecule has 1 rings (SSSR count). The van der Waals surface area contributed by atoms with Crippen LogP contribution in [0.3, 0.4) is 0 Å². The molecule has 0 amide bonds. The number of halogens is 3. The van der Waals surface area contributed by atoms with Gasteiger partial charge in [-0.05, 0) is 62.1 Å². The van der Waals surface area contributed by atoms with Crippen molar-refractivity contribution in [1.29, 1.82) is 0 Å². The Kier molecular flexibility index (Phi) is 6.03. The van der Waals surface area contributed by atoms with Gasteiger partial charge in [0.25, 0.3) is 0 Å². The fraction of sp³-hybridized carbons (Fsp3) is 0.692. The van der Waals surface area contributed by atoms with Gasteiger partial charge in [-0.1, -0.05) is 27.7 Å². The molecule has 0 N–H and O–H groups in total. The maximum Gasteiger partial charge on any atom is 0.0843 e. The van der Waals surface area contributed by atoms with E-state index in [4.69, 9.17) is 11.6 Å². The Balaban J connectivity index is 2.57. The molecule has 2 unspecified atom stereocenters. The fourth-order valence-electron chi connectivity index (χ4n) is 2.12. The average molecular weight is 403 g/mol. The van der Waals surface area contributed by atoms with Gasteiger partial charge >= 0.3 is 0 Å². The van der Waals surface area contributed by atoms with Gasteiger partial charge in [0.05, 0.1) is 9.16 Å². The largest absolute Gasteiger partial charge is 0.131 e. The number of thiophene rings is 1. The van der Waals surface area contributed by atoms with Crippen LogP contribution in [0.1, 0.15) is 50.8 Å². The van der Waals surface area contributed by atoms with Crippen molar-refractivity contribution in [2.75, 3.05) is 0 Å². The normalized spacial score (nSPS) is 15.9. The topological polar surface area (TPSA) is 0 Å². The molecule has 0 aliphatic rings. The summed E-state index contributed by atoms with van der Waals surface area (Å²) in [7, 11) is 0. The second-order valence-electron chi connectivity index (χ2n) is 5.84. The number of hydrogen-bond donors (Lipinski definition) is 0. The van der Waals surface area contributed by atoms with E-state index >= 15 is 0 Å². The molecule has 0 aliphatic carbocycles. The smallest absolute Gasteiger partial charge is 0.0843 e. The quantitative estimate of drug-likeness (QED) is 0.475. The first kappa shape index (κ1) is 16.0. The molecule has 1 aromatic rings. The summed E-state index contributed by atoms with van der Waals surface area (Å²) in [5, 5.41) is 0.125. The van der Waals surface area contributed by atoms with Crippen LogP contribution in [0.5, 0.6) is 0 Å². The monoisotopic (exact) mass is 400 g/mol. The highest BCUT2D eigenvalue weighted by molar-refractivity contribution is 9.13. The van der Waals surface area contributed by atoms with E-state index in [0.717, 1.165) is 14.7 Å². The first-order valence-electron chi connectivity index (χ1n) is 5.78. The molecule has 0 radical (unpaired) electrons. The zero-order chi connectivity index (χ0) is 13.2. The minimum absolute atomic E-state index is 0.125. The molecule has 0 saturated heterocycles. The van der Waals surface area contributed by atoms with E-state index in [9.17, 15) is 0 Å². The third-order valence-corrected chi connectivity index (χ3v) is 6.46. The Morgan fingerprint density at radius 2 is 1.94 bits per heavy atom. The highest BCUT2D eigenvalue weighted by Crippen LogP contribution is 2.41. The Bertz CT molecular complexity index is 348. The van der Waals surface area contributed by atoms with Crippen molar-refractivity contribution in [3.8, 4) is 0 Å². The standard InChI is InChI=1S/C13H19Br2ClS/c1-8(7-13(2,3)4)5-10(16)11-6-9(14)12(15)17-11/h6,8,10H,5,7H2,1-4H3. The zero-order valence-corrected chi connectivity index (χ0v) is 15.4. The van der Waals surface area contributed by atoms with Crippen LogP contribution in [0, 0.1) is 11.3 Å². The molecule has 0 nitrogen and oxygen atoms in total. The first-order valence-corrected chi connectivity index (χ1v) is 8.62. The maximum absolute atomic E-state index is 6.48. The van der Waals surface area contributed by atoms with E-state index in [1.54, 1.807) is 11.3 Å². The molecule has 0 fully saturated rings. The van der Waals surface area contributed by atoms with E-state index in [2.05, 4.69) is 65.6 Å². The van der Waals surface area contributed by atoms with Crippen LogP contribution in [0.15, 0.2) is 14.3 Å². The minimum Gasteiger partial charge on any atom is -0.131 e. The Morgan fingerprint density at radius 1 is 1.35 bits per heavy atom. The van der Waals surface area contributed by atoms with Gasteiger partial charge in [0, 0.05) is 9.35 Å². The second-order valence-corrected chi connectivity index (χ2v) is 9.63. The van der Waals surface area contributed by atoms with Crippen LogP contribution in [0.25, 0.3) is 0 Å². The lowest BCUT2D eigenvalue weighted by atomic mass is 9.83. The summed E-state index contributed by atoms with van der Waals surface area (Å²) in [6.07, 6.45) is 2.25. The number of rotatable bonds is 4. The minimum atomic E-state index is 0.125. The van der Waals surface area contributed by atoms with Crippen LogP contribution in [0.4, 0.5) is 0 Å². The summed E-state index contributed by atoms with van der Waals surface area (Å²) >= 11 is 15.2. The second kappa shape index (κ2) is 6.40. The Morgan fingerprint density at radius 3 is 2.35 bits per heavy atom. The van der Waals surface area contributed by atoms with E-state index in [-0.39, 0.29) is 5.38 Å². The van der Waals surface area contributed by atoms with E-state index < -0.39 is 0 Å². The molecule has 0 bridgehead atoms. The van der Waals surface area contributed by atoms with Gasteiger partial charge < -0.3 is 0 Å². The molecule has 17 heavy (non-hydrogen) atoms. The SMILES string of the molecule is CC(CC(Cl)c1cc(Br)c(Br)s1)CC(C)(C)C. The highest BCUT2D eigenvalue weighted by Gasteiger charge is 2.20. The van der Waals surface area contributed by atoms with Crippen molar-refractivity contribution < 1.29 is 0 Å². The van der Waals surface area contributed by atoms with Crippen molar-refractivity contribution in [2.45, 2.75) is 45.9 Å². The van der Waals surface area contributed by atoms with Gasteiger partial charge in [-0.2, -0.15) is 0 Å². The van der Waals surface area contributed by atoms with Crippen LogP contribution in [-0.2, 0) is 0 Å². The molecular weight excluding hydrogens is 383 g/mol. The molecular formula is C13H19Br2ClS. The van der Waals surface area contributed by atoms with Crippen molar-refractivity contribution in [3.05, 3.63) is 19.2 Å². The van der Waals surface area contributed by atoms with Gasteiger partial charge in [0.2, 0.25) is 0 Å². The molecule has 2 atom stereocenters. The number of alkyl halides is 1. The molecule has 0 aromatic carbocycles. The third kappa shape index (κ3) is 5.63.